The van der Waals surface area contributed by atoms with Gasteiger partial charge in [-0.15, -0.1) is 4.99 Å². The van der Waals surface area contributed by atoms with Gasteiger partial charge in [-0.3, -0.25) is 4.99 Å². The number of nitrogens with one attached hydrogen (secondary N) is 1. The maximum atomic E-state index is 8.56. The average molecular weight is 307 g/mol. The Bertz CT molecular complexity index is 541. The number of rotatable bonds is 8. The summed E-state index contributed by atoms with van der Waals surface area (Å²) in [6, 6.07) is 3.51. The molecule has 1 aromatic rings. The van der Waals surface area contributed by atoms with Gasteiger partial charge in [-0.2, -0.15) is 0 Å². The highest BCUT2D eigenvalue weighted by Crippen LogP contribution is 2.25. The molecule has 0 aliphatic rings. The lowest BCUT2D eigenvalue weighted by Crippen LogP contribution is -2.27. The van der Waals surface area contributed by atoms with Gasteiger partial charge in [0.2, 0.25) is 0 Å². The van der Waals surface area contributed by atoms with Crippen molar-refractivity contribution >= 4 is 5.84 Å². The molecule has 7 nitrogen and oxygen atoms in total. The Hall–Kier alpha value is -2.38. The molecule has 7 heteroatoms. The zero-order valence-corrected chi connectivity index (χ0v) is 12.9. The van der Waals surface area contributed by atoms with Gasteiger partial charge in [0, 0.05) is 13.2 Å². The lowest BCUT2D eigenvalue weighted by atomic mass is 10.3. The number of pyridine rings is 1. The van der Waals surface area contributed by atoms with E-state index in [1.54, 1.807) is 24.4 Å². The minimum Gasteiger partial charge on any atom is -0.488 e. The maximum absolute atomic E-state index is 8.56. The number of hydrogen-bond donors (Lipinski definition) is 2. The van der Waals surface area contributed by atoms with E-state index < -0.39 is 0 Å². The molecule has 0 bridgehead atoms. The van der Waals surface area contributed by atoms with Crippen molar-refractivity contribution in [1.82, 2.24) is 10.5 Å². The summed E-state index contributed by atoms with van der Waals surface area (Å²) in [5, 5.41) is 8.56. The quantitative estimate of drug-likeness (QED) is 0.192. The maximum Gasteiger partial charge on any atom is 0.262 e. The summed E-state index contributed by atoms with van der Waals surface area (Å²) in [6.07, 6.45) is 7.90. The number of amidine groups is 1. The highest BCUT2D eigenvalue weighted by molar-refractivity contribution is 5.96. The summed E-state index contributed by atoms with van der Waals surface area (Å²) in [5.41, 5.74) is 2.24. The Morgan fingerprint density at radius 1 is 1.45 bits per heavy atom. The predicted octanol–water partition coefficient (Wildman–Crippen LogP) is 2.73. The molecule has 1 heterocycles. The summed E-state index contributed by atoms with van der Waals surface area (Å²) in [5.74, 6) is 1.33. The summed E-state index contributed by atoms with van der Waals surface area (Å²) in [7, 11) is 1.53. The summed E-state index contributed by atoms with van der Waals surface area (Å²) >= 11 is 0. The molecule has 1 rings (SSSR count). The first-order chi connectivity index (χ1) is 10.8. The Balaban J connectivity index is 3.07. The molecule has 22 heavy (non-hydrogen) atoms. The Kier molecular flexibility index (Phi) is 8.32. The minimum absolute atomic E-state index is 0.205. The monoisotopic (exact) mass is 307 g/mol. The SMILES string of the molecule is CC/C=C\C=C(/Oc1ncccc1OCC)C(=NC)NOO. The van der Waals surface area contributed by atoms with Gasteiger partial charge in [0.25, 0.3) is 5.88 Å². The fourth-order valence-corrected chi connectivity index (χ4v) is 1.52. The van der Waals surface area contributed by atoms with Crippen molar-refractivity contribution in [3.05, 3.63) is 42.3 Å². The minimum atomic E-state index is 0.205. The van der Waals surface area contributed by atoms with E-state index in [4.69, 9.17) is 14.7 Å². The van der Waals surface area contributed by atoms with E-state index >= 15 is 0 Å². The number of hydrogen-bond acceptors (Lipinski definition) is 6. The van der Waals surface area contributed by atoms with Crippen LogP contribution in [0.15, 0.2) is 47.3 Å². The number of aliphatic imine (C=N–C) groups is 1. The smallest absolute Gasteiger partial charge is 0.262 e. The molecular weight excluding hydrogens is 286 g/mol. The molecular formula is C15H21N3O4. The largest absolute Gasteiger partial charge is 0.488 e. The van der Waals surface area contributed by atoms with Crippen LogP contribution >= 0.6 is 0 Å². The van der Waals surface area contributed by atoms with Crippen LogP contribution in [0, 0.1) is 0 Å². The van der Waals surface area contributed by atoms with Crippen molar-refractivity contribution < 1.29 is 19.7 Å². The van der Waals surface area contributed by atoms with E-state index in [0.29, 0.717) is 24.0 Å². The fourth-order valence-electron chi connectivity index (χ4n) is 1.52. The van der Waals surface area contributed by atoms with Gasteiger partial charge in [-0.05, 0) is 31.6 Å². The lowest BCUT2D eigenvalue weighted by Gasteiger charge is -2.13. The van der Waals surface area contributed by atoms with Crippen molar-refractivity contribution in [1.29, 1.82) is 0 Å². The number of aromatic nitrogens is 1. The average Bonchev–Trinajstić information content (AvgIpc) is 2.54. The number of nitrogens with zero attached hydrogens (tertiary/aromatic N) is 2. The van der Waals surface area contributed by atoms with Crippen LogP contribution in [0.2, 0.25) is 0 Å². The molecule has 0 radical (unpaired) electrons. The van der Waals surface area contributed by atoms with Crippen molar-refractivity contribution in [3.63, 3.8) is 0 Å². The predicted molar refractivity (Wildman–Crippen MR) is 83.8 cm³/mol. The van der Waals surface area contributed by atoms with E-state index in [2.05, 4.69) is 20.4 Å². The van der Waals surface area contributed by atoms with Crippen molar-refractivity contribution in [2.24, 2.45) is 4.99 Å². The Labute approximate surface area is 129 Å². The van der Waals surface area contributed by atoms with Crippen LogP contribution in [0.3, 0.4) is 0 Å². The summed E-state index contributed by atoms with van der Waals surface area (Å²) in [6.45, 7) is 4.38. The van der Waals surface area contributed by atoms with Crippen molar-refractivity contribution in [2.45, 2.75) is 20.3 Å². The van der Waals surface area contributed by atoms with Gasteiger partial charge in [0.05, 0.1) is 6.61 Å². The highest BCUT2D eigenvalue weighted by Gasteiger charge is 2.13. The second kappa shape index (κ2) is 10.4. The molecule has 2 N–H and O–H groups in total. The van der Waals surface area contributed by atoms with Crippen LogP contribution in [0.4, 0.5) is 0 Å². The van der Waals surface area contributed by atoms with Crippen LogP contribution in [0.1, 0.15) is 20.3 Å². The molecule has 0 aliphatic carbocycles. The van der Waals surface area contributed by atoms with Crippen LogP contribution in [0.5, 0.6) is 11.6 Å². The molecule has 0 fully saturated rings. The van der Waals surface area contributed by atoms with E-state index in [0.717, 1.165) is 6.42 Å². The summed E-state index contributed by atoms with van der Waals surface area (Å²) < 4.78 is 11.2. The molecule has 120 valence electrons. The molecule has 0 aromatic carbocycles. The van der Waals surface area contributed by atoms with Gasteiger partial charge < -0.3 is 9.47 Å². The number of ether oxygens (including phenoxy) is 2. The topological polar surface area (TPSA) is 85.2 Å². The van der Waals surface area contributed by atoms with E-state index in [9.17, 15) is 0 Å². The Morgan fingerprint density at radius 3 is 2.91 bits per heavy atom. The Morgan fingerprint density at radius 2 is 2.27 bits per heavy atom. The summed E-state index contributed by atoms with van der Waals surface area (Å²) in [4.78, 5) is 12.0. The zero-order chi connectivity index (χ0) is 16.2. The van der Waals surface area contributed by atoms with Crippen LogP contribution in [-0.2, 0) is 4.99 Å². The van der Waals surface area contributed by atoms with E-state index in [-0.39, 0.29) is 5.84 Å². The van der Waals surface area contributed by atoms with E-state index in [1.165, 1.54) is 7.05 Å². The first kappa shape index (κ1) is 17.7. The van der Waals surface area contributed by atoms with Gasteiger partial charge in [-0.25, -0.2) is 15.7 Å². The van der Waals surface area contributed by atoms with E-state index in [1.807, 2.05) is 26.0 Å². The fraction of sp³-hybridized carbons (Fsp3) is 0.333. The van der Waals surface area contributed by atoms with Crippen LogP contribution < -0.4 is 15.0 Å². The second-order valence-corrected chi connectivity index (χ2v) is 3.97. The molecule has 0 aliphatic heterocycles. The first-order valence-corrected chi connectivity index (χ1v) is 6.92. The first-order valence-electron chi connectivity index (χ1n) is 6.92. The van der Waals surface area contributed by atoms with Crippen LogP contribution in [-0.4, -0.2) is 29.7 Å². The molecule has 1 aromatic heterocycles. The molecule has 0 unspecified atom stereocenters. The second-order valence-electron chi connectivity index (χ2n) is 3.97. The van der Waals surface area contributed by atoms with Crippen LogP contribution in [0.25, 0.3) is 0 Å². The third-order valence-corrected chi connectivity index (χ3v) is 2.46. The van der Waals surface area contributed by atoms with Crippen molar-refractivity contribution in [3.8, 4) is 11.6 Å². The number of allylic oxidation sites excluding steroid dienone is 3. The molecule has 0 saturated carbocycles. The molecule has 0 atom stereocenters. The zero-order valence-electron chi connectivity index (χ0n) is 12.9. The lowest BCUT2D eigenvalue weighted by molar-refractivity contribution is -0.273. The van der Waals surface area contributed by atoms with Gasteiger partial charge >= 0.3 is 0 Å². The van der Waals surface area contributed by atoms with Gasteiger partial charge in [0.15, 0.2) is 17.3 Å². The van der Waals surface area contributed by atoms with Crippen molar-refractivity contribution in [2.75, 3.05) is 13.7 Å². The number of hydroxylamine groups is 1. The van der Waals surface area contributed by atoms with Gasteiger partial charge in [0.1, 0.15) is 0 Å². The molecule has 0 saturated heterocycles. The molecule has 0 spiro atoms. The third kappa shape index (κ3) is 5.55. The standard InChI is InChI=1S/C15H21N3O4/c1-4-6-7-9-12(14(16-3)18-22-19)21-15-13(20-5-2)10-8-11-17-15/h6-11,19H,4-5H2,1-3H3,(H,16,18)/b7-6-,12-9-. The van der Waals surface area contributed by atoms with Gasteiger partial charge in [-0.1, -0.05) is 19.1 Å². The third-order valence-electron chi connectivity index (χ3n) is 2.46. The highest BCUT2D eigenvalue weighted by atomic mass is 17.2. The normalized spacial score (nSPS) is 12.5. The molecule has 0 amide bonds.